The summed E-state index contributed by atoms with van der Waals surface area (Å²) < 4.78 is 5.71. The van der Waals surface area contributed by atoms with E-state index in [1.54, 1.807) is 0 Å². The van der Waals surface area contributed by atoms with Crippen molar-refractivity contribution in [3.05, 3.63) is 24.3 Å². The van der Waals surface area contributed by atoms with Crippen LogP contribution in [0.25, 0.3) is 0 Å². The summed E-state index contributed by atoms with van der Waals surface area (Å²) in [4.78, 5) is 4.85. The van der Waals surface area contributed by atoms with E-state index < -0.39 is 0 Å². The summed E-state index contributed by atoms with van der Waals surface area (Å²) in [5.74, 6) is 1.72. The van der Waals surface area contributed by atoms with Crippen LogP contribution in [-0.4, -0.2) is 44.2 Å². The predicted octanol–water partition coefficient (Wildman–Crippen LogP) is 4.28. The largest absolute Gasteiger partial charge is 0.491 e. The Bertz CT molecular complexity index is 400. The van der Waals surface area contributed by atoms with Gasteiger partial charge in [0.25, 0.3) is 0 Å². The van der Waals surface area contributed by atoms with Crippen LogP contribution in [-0.2, 0) is 0 Å². The third-order valence-electron chi connectivity index (χ3n) is 3.80. The number of hydrogen-bond acceptors (Lipinski definition) is 3. The van der Waals surface area contributed by atoms with Gasteiger partial charge in [-0.05, 0) is 71.0 Å². The molecule has 0 aliphatic rings. The van der Waals surface area contributed by atoms with E-state index in [1.807, 2.05) is 0 Å². The number of hydrogen-bond donors (Lipinski definition) is 0. The summed E-state index contributed by atoms with van der Waals surface area (Å²) in [5.41, 5.74) is 1.27. The smallest absolute Gasteiger partial charge is 0.119 e. The van der Waals surface area contributed by atoms with E-state index in [2.05, 4.69) is 75.7 Å². The summed E-state index contributed by atoms with van der Waals surface area (Å²) in [6, 6.07) is 8.46. The first-order chi connectivity index (χ1) is 10.4. The van der Waals surface area contributed by atoms with Gasteiger partial charge in [0.2, 0.25) is 0 Å². The molecule has 1 aromatic carbocycles. The summed E-state index contributed by atoms with van der Waals surface area (Å²) >= 11 is 0. The molecule has 3 heteroatoms. The Hall–Kier alpha value is -1.22. The third kappa shape index (κ3) is 7.17. The summed E-state index contributed by atoms with van der Waals surface area (Å²) in [6.07, 6.45) is 1.49. The average Bonchev–Trinajstić information content (AvgIpc) is 2.46. The van der Waals surface area contributed by atoms with Gasteiger partial charge in [-0.15, -0.1) is 0 Å². The van der Waals surface area contributed by atoms with Crippen LogP contribution < -0.4 is 9.64 Å². The van der Waals surface area contributed by atoms with Crippen molar-refractivity contribution in [1.82, 2.24) is 4.90 Å². The highest BCUT2D eigenvalue weighted by Gasteiger charge is 2.07. The van der Waals surface area contributed by atoms with E-state index in [9.17, 15) is 0 Å². The molecule has 0 unspecified atom stereocenters. The monoisotopic (exact) mass is 306 g/mol. The Kier molecular flexibility index (Phi) is 8.32. The number of likely N-dealkylation sites (N-methyl/N-ethyl adjacent to an activating group) is 2. The maximum atomic E-state index is 5.71. The van der Waals surface area contributed by atoms with Crippen LogP contribution in [0, 0.1) is 5.92 Å². The van der Waals surface area contributed by atoms with Gasteiger partial charge in [0.05, 0.1) is 6.10 Å². The molecule has 0 saturated heterocycles. The van der Waals surface area contributed by atoms with Crippen molar-refractivity contribution in [3.8, 4) is 5.75 Å². The van der Waals surface area contributed by atoms with Crippen LogP contribution in [0.15, 0.2) is 24.3 Å². The van der Waals surface area contributed by atoms with Crippen molar-refractivity contribution in [2.24, 2.45) is 5.92 Å². The van der Waals surface area contributed by atoms with Crippen molar-refractivity contribution in [2.75, 3.05) is 38.1 Å². The molecule has 0 spiro atoms. The van der Waals surface area contributed by atoms with Gasteiger partial charge in [0.1, 0.15) is 5.75 Å². The molecule has 0 heterocycles. The molecule has 22 heavy (non-hydrogen) atoms. The molecule has 0 aliphatic heterocycles. The average molecular weight is 306 g/mol. The third-order valence-corrected chi connectivity index (χ3v) is 3.80. The lowest BCUT2D eigenvalue weighted by molar-refractivity contribution is 0.242. The fourth-order valence-corrected chi connectivity index (χ4v) is 2.36. The fourth-order valence-electron chi connectivity index (χ4n) is 2.36. The van der Waals surface area contributed by atoms with E-state index >= 15 is 0 Å². The number of nitrogens with zero attached hydrogens (tertiary/aromatic N) is 2. The highest BCUT2D eigenvalue weighted by atomic mass is 16.5. The summed E-state index contributed by atoms with van der Waals surface area (Å²) in [7, 11) is 2.22. The zero-order valence-corrected chi connectivity index (χ0v) is 15.3. The maximum absolute atomic E-state index is 5.71. The van der Waals surface area contributed by atoms with Gasteiger partial charge in [-0.3, -0.25) is 0 Å². The molecule has 1 rings (SSSR count). The minimum atomic E-state index is 0.225. The lowest BCUT2D eigenvalue weighted by Crippen LogP contribution is -2.34. The molecule has 0 amide bonds. The van der Waals surface area contributed by atoms with Gasteiger partial charge in [0, 0.05) is 25.3 Å². The lowest BCUT2D eigenvalue weighted by atomic mass is 10.1. The van der Waals surface area contributed by atoms with Crippen LogP contribution in [0.1, 0.15) is 41.0 Å². The van der Waals surface area contributed by atoms with E-state index in [4.69, 9.17) is 4.74 Å². The molecule has 0 N–H and O–H groups in total. The molecule has 3 nitrogen and oxygen atoms in total. The van der Waals surface area contributed by atoms with Crippen molar-refractivity contribution in [1.29, 1.82) is 0 Å². The topological polar surface area (TPSA) is 15.7 Å². The van der Waals surface area contributed by atoms with E-state index in [-0.39, 0.29) is 6.10 Å². The van der Waals surface area contributed by atoms with Crippen molar-refractivity contribution >= 4 is 5.69 Å². The van der Waals surface area contributed by atoms with Gasteiger partial charge in [-0.1, -0.05) is 13.8 Å². The molecule has 0 atom stereocenters. The molecule has 1 aromatic rings. The maximum Gasteiger partial charge on any atom is 0.119 e. The standard InChI is InChI=1S/C19H34N2O/c1-7-21(15-14-20(6)13-12-16(2)3)18-8-10-19(11-9-18)22-17(4)5/h8-11,16-17H,7,12-15H2,1-6H3. The fraction of sp³-hybridized carbons (Fsp3) is 0.684. The summed E-state index contributed by atoms with van der Waals surface area (Å²) in [5, 5.41) is 0. The van der Waals surface area contributed by atoms with Gasteiger partial charge in [0.15, 0.2) is 0 Å². The molecule has 126 valence electrons. The highest BCUT2D eigenvalue weighted by Crippen LogP contribution is 2.20. The molecule has 0 aromatic heterocycles. The zero-order valence-electron chi connectivity index (χ0n) is 15.3. The molecular weight excluding hydrogens is 272 g/mol. The molecule has 0 bridgehead atoms. The first kappa shape index (κ1) is 18.8. The predicted molar refractivity (Wildman–Crippen MR) is 97.0 cm³/mol. The van der Waals surface area contributed by atoms with Crippen LogP contribution in [0.3, 0.4) is 0 Å². The highest BCUT2D eigenvalue weighted by molar-refractivity contribution is 5.49. The van der Waals surface area contributed by atoms with E-state index in [0.717, 1.165) is 31.3 Å². The van der Waals surface area contributed by atoms with Crippen LogP contribution in [0.2, 0.25) is 0 Å². The Morgan fingerprint density at radius 1 is 0.955 bits per heavy atom. The minimum absolute atomic E-state index is 0.225. The number of ether oxygens (including phenoxy) is 1. The van der Waals surface area contributed by atoms with Gasteiger partial charge in [-0.25, -0.2) is 0 Å². The normalized spacial score (nSPS) is 11.5. The molecular formula is C19H34N2O. The van der Waals surface area contributed by atoms with E-state index in [0.29, 0.717) is 0 Å². The van der Waals surface area contributed by atoms with Gasteiger partial charge < -0.3 is 14.5 Å². The van der Waals surface area contributed by atoms with Crippen molar-refractivity contribution in [3.63, 3.8) is 0 Å². The Labute approximate surface area is 137 Å². The Morgan fingerprint density at radius 2 is 1.59 bits per heavy atom. The quantitative estimate of drug-likeness (QED) is 0.642. The van der Waals surface area contributed by atoms with Gasteiger partial charge in [-0.2, -0.15) is 0 Å². The first-order valence-electron chi connectivity index (χ1n) is 8.62. The Morgan fingerprint density at radius 3 is 2.09 bits per heavy atom. The zero-order chi connectivity index (χ0) is 16.5. The number of rotatable bonds is 10. The molecule has 0 aliphatic carbocycles. The van der Waals surface area contributed by atoms with Crippen molar-refractivity contribution < 1.29 is 4.74 Å². The molecule has 0 fully saturated rings. The van der Waals surface area contributed by atoms with Crippen LogP contribution >= 0.6 is 0 Å². The lowest BCUT2D eigenvalue weighted by Gasteiger charge is -2.27. The van der Waals surface area contributed by atoms with Gasteiger partial charge >= 0.3 is 0 Å². The Balaban J connectivity index is 2.49. The van der Waals surface area contributed by atoms with Crippen molar-refractivity contribution in [2.45, 2.75) is 47.1 Å². The van der Waals surface area contributed by atoms with Crippen LogP contribution in [0.5, 0.6) is 5.75 Å². The SMILES string of the molecule is CCN(CCN(C)CCC(C)C)c1ccc(OC(C)C)cc1. The second-order valence-electron chi connectivity index (χ2n) is 6.73. The summed E-state index contributed by atoms with van der Waals surface area (Å²) in [6.45, 7) is 15.3. The van der Waals surface area contributed by atoms with Crippen LogP contribution in [0.4, 0.5) is 5.69 Å². The number of benzene rings is 1. The minimum Gasteiger partial charge on any atom is -0.491 e. The second kappa shape index (κ2) is 9.73. The van der Waals surface area contributed by atoms with E-state index in [1.165, 1.54) is 18.7 Å². The molecule has 0 radical (unpaired) electrons. The first-order valence-corrected chi connectivity index (χ1v) is 8.62. The molecule has 0 saturated carbocycles. The second-order valence-corrected chi connectivity index (χ2v) is 6.73. The number of anilines is 1.